The number of rotatable bonds is 7. The molecule has 0 spiro atoms. The van der Waals surface area contributed by atoms with E-state index in [9.17, 15) is 8.42 Å². The summed E-state index contributed by atoms with van der Waals surface area (Å²) in [5, 5.41) is 2.92. The van der Waals surface area contributed by atoms with Gasteiger partial charge in [0.1, 0.15) is 0 Å². The molecular weight excluding hydrogens is 230 g/mol. The third kappa shape index (κ3) is 6.43. The van der Waals surface area contributed by atoms with Crippen molar-refractivity contribution in [1.82, 2.24) is 5.32 Å². The fraction of sp³-hybridized carbons (Fsp3) is 1.00. The van der Waals surface area contributed by atoms with Crippen LogP contribution in [0, 0.1) is 0 Å². The maximum Gasteiger partial charge on any atom is 0.153 e. The molecule has 0 aliphatic heterocycles. The molecule has 0 rings (SSSR count). The maximum absolute atomic E-state index is 11.5. The lowest BCUT2D eigenvalue weighted by molar-refractivity contribution is 0.573. The molecule has 0 aromatic rings. The van der Waals surface area contributed by atoms with Gasteiger partial charge in [-0.2, -0.15) is 11.8 Å². The molecule has 0 atom stereocenters. The molecule has 0 aliphatic rings. The van der Waals surface area contributed by atoms with Crippen LogP contribution < -0.4 is 5.32 Å². The monoisotopic (exact) mass is 253 g/mol. The van der Waals surface area contributed by atoms with Crippen LogP contribution in [0.4, 0.5) is 0 Å². The van der Waals surface area contributed by atoms with Crippen LogP contribution in [0.2, 0.25) is 0 Å². The van der Waals surface area contributed by atoms with Crippen LogP contribution in [0.3, 0.4) is 0 Å². The second kappa shape index (κ2) is 6.11. The zero-order valence-corrected chi connectivity index (χ0v) is 12.0. The van der Waals surface area contributed by atoms with Gasteiger partial charge in [0.15, 0.2) is 9.84 Å². The van der Waals surface area contributed by atoms with Crippen molar-refractivity contribution in [1.29, 1.82) is 0 Å². The maximum atomic E-state index is 11.5. The zero-order chi connectivity index (χ0) is 12.1. The van der Waals surface area contributed by atoms with Crippen LogP contribution in [0.15, 0.2) is 0 Å². The highest BCUT2D eigenvalue weighted by molar-refractivity contribution is 7.99. The fourth-order valence-corrected chi connectivity index (χ4v) is 2.06. The molecule has 0 heterocycles. The Morgan fingerprint density at radius 1 is 1.33 bits per heavy atom. The van der Waals surface area contributed by atoms with Crippen molar-refractivity contribution in [3.05, 3.63) is 0 Å². The van der Waals surface area contributed by atoms with Crippen molar-refractivity contribution in [2.45, 2.75) is 37.7 Å². The molecule has 0 aromatic carbocycles. The highest BCUT2D eigenvalue weighted by Gasteiger charge is 2.17. The molecule has 0 fully saturated rings. The van der Waals surface area contributed by atoms with Crippen molar-refractivity contribution in [3.8, 4) is 0 Å². The van der Waals surface area contributed by atoms with Crippen molar-refractivity contribution in [3.63, 3.8) is 0 Å². The van der Waals surface area contributed by atoms with Crippen molar-refractivity contribution >= 4 is 21.6 Å². The van der Waals surface area contributed by atoms with Gasteiger partial charge < -0.3 is 5.32 Å². The number of sulfone groups is 1. The lowest BCUT2D eigenvalue weighted by Gasteiger charge is -2.22. The third-order valence-corrected chi connectivity index (χ3v) is 5.84. The van der Waals surface area contributed by atoms with Crippen LogP contribution >= 0.6 is 11.8 Å². The summed E-state index contributed by atoms with van der Waals surface area (Å²) in [7, 11) is -2.89. The molecule has 0 aliphatic carbocycles. The van der Waals surface area contributed by atoms with Crippen LogP contribution in [0.5, 0.6) is 0 Å². The molecular formula is C10H23NO2S2. The van der Waals surface area contributed by atoms with E-state index in [-0.39, 0.29) is 15.7 Å². The van der Waals surface area contributed by atoms with E-state index in [1.165, 1.54) is 0 Å². The largest absolute Gasteiger partial charge is 0.314 e. The topological polar surface area (TPSA) is 46.2 Å². The zero-order valence-electron chi connectivity index (χ0n) is 10.3. The second-order valence-corrected chi connectivity index (χ2v) is 8.75. The smallest absolute Gasteiger partial charge is 0.153 e. The van der Waals surface area contributed by atoms with E-state index in [1.54, 1.807) is 25.6 Å². The van der Waals surface area contributed by atoms with E-state index < -0.39 is 9.84 Å². The van der Waals surface area contributed by atoms with Gasteiger partial charge in [0.2, 0.25) is 0 Å². The quantitative estimate of drug-likeness (QED) is 0.699. The number of hydrogen-bond donors (Lipinski definition) is 1. The normalized spacial score (nSPS) is 13.5. The van der Waals surface area contributed by atoms with E-state index in [4.69, 9.17) is 0 Å². The molecule has 1 N–H and O–H groups in total. The summed E-state index contributed by atoms with van der Waals surface area (Å²) in [6.45, 7) is 9.11. The molecule has 0 saturated carbocycles. The first-order valence-electron chi connectivity index (χ1n) is 5.19. The van der Waals surface area contributed by atoms with Gasteiger partial charge in [-0.3, -0.25) is 0 Å². The molecule has 3 nitrogen and oxygen atoms in total. The molecule has 5 heteroatoms. The minimum atomic E-state index is -2.89. The first-order chi connectivity index (χ1) is 6.71. The van der Waals surface area contributed by atoms with Gasteiger partial charge in [0, 0.05) is 17.8 Å². The number of nitrogens with one attached hydrogen (secondary N) is 1. The van der Waals surface area contributed by atoms with E-state index in [2.05, 4.69) is 25.4 Å². The van der Waals surface area contributed by atoms with Crippen LogP contribution in [0.25, 0.3) is 0 Å². The van der Waals surface area contributed by atoms with Crippen molar-refractivity contribution in [2.75, 3.05) is 25.1 Å². The average molecular weight is 253 g/mol. The first-order valence-corrected chi connectivity index (χ1v) is 8.13. The lowest BCUT2D eigenvalue weighted by Crippen LogP contribution is -2.35. The molecule has 0 saturated heterocycles. The van der Waals surface area contributed by atoms with Gasteiger partial charge in [0.05, 0.1) is 11.0 Å². The molecule has 0 bridgehead atoms. The summed E-state index contributed by atoms with van der Waals surface area (Å²) in [6, 6.07) is 0. The Hall–Kier alpha value is 0.260. The van der Waals surface area contributed by atoms with Crippen LogP contribution in [0.1, 0.15) is 27.7 Å². The van der Waals surface area contributed by atoms with E-state index in [0.717, 1.165) is 6.54 Å². The van der Waals surface area contributed by atoms with Gasteiger partial charge in [-0.25, -0.2) is 8.42 Å². The number of hydrogen-bond acceptors (Lipinski definition) is 4. The Balaban J connectivity index is 3.83. The van der Waals surface area contributed by atoms with Gasteiger partial charge in [-0.05, 0) is 34.0 Å². The average Bonchev–Trinajstić information content (AvgIpc) is 2.12. The SMILES string of the molecule is CSC(C)(C)CNCCS(=O)(=O)C(C)C. The van der Waals surface area contributed by atoms with Gasteiger partial charge in [-0.1, -0.05) is 0 Å². The highest BCUT2D eigenvalue weighted by Crippen LogP contribution is 2.19. The molecule has 92 valence electrons. The minimum Gasteiger partial charge on any atom is -0.314 e. The Labute approximate surface area is 98.3 Å². The molecule has 15 heavy (non-hydrogen) atoms. The van der Waals surface area contributed by atoms with Crippen LogP contribution in [-0.2, 0) is 9.84 Å². The van der Waals surface area contributed by atoms with Gasteiger partial charge >= 0.3 is 0 Å². The lowest BCUT2D eigenvalue weighted by atomic mass is 10.2. The molecule has 0 unspecified atom stereocenters. The van der Waals surface area contributed by atoms with E-state index >= 15 is 0 Å². The molecule has 0 aromatic heterocycles. The van der Waals surface area contributed by atoms with E-state index in [0.29, 0.717) is 6.54 Å². The Kier molecular flexibility index (Phi) is 6.21. The van der Waals surface area contributed by atoms with Crippen LogP contribution in [-0.4, -0.2) is 43.5 Å². The Bertz CT molecular complexity index is 271. The fourth-order valence-electron chi connectivity index (χ4n) is 0.912. The summed E-state index contributed by atoms with van der Waals surface area (Å²) < 4.78 is 23.1. The predicted molar refractivity (Wildman–Crippen MR) is 69.4 cm³/mol. The van der Waals surface area contributed by atoms with Gasteiger partial charge in [0.25, 0.3) is 0 Å². The third-order valence-electron chi connectivity index (χ3n) is 2.38. The molecule has 0 amide bonds. The highest BCUT2D eigenvalue weighted by atomic mass is 32.2. The summed E-state index contributed by atoms with van der Waals surface area (Å²) in [5.41, 5.74) is 0. The predicted octanol–water partition coefficient (Wildman–Crippen LogP) is 1.54. The Morgan fingerprint density at radius 3 is 2.27 bits per heavy atom. The summed E-state index contributed by atoms with van der Waals surface area (Å²) in [4.78, 5) is 0. The second-order valence-electron chi connectivity index (χ2n) is 4.56. The minimum absolute atomic E-state index is 0.168. The number of thioether (sulfide) groups is 1. The molecule has 0 radical (unpaired) electrons. The summed E-state index contributed by atoms with van der Waals surface area (Å²) in [5.74, 6) is 0.231. The van der Waals surface area contributed by atoms with E-state index in [1.807, 2.05) is 0 Å². The summed E-state index contributed by atoms with van der Waals surface area (Å²) in [6.07, 6.45) is 2.06. The standard InChI is InChI=1S/C10H23NO2S2/c1-9(2)15(12,13)7-6-11-8-10(3,4)14-5/h9,11H,6-8H2,1-5H3. The van der Waals surface area contributed by atoms with Gasteiger partial charge in [-0.15, -0.1) is 0 Å². The first kappa shape index (κ1) is 15.3. The Morgan fingerprint density at radius 2 is 1.87 bits per heavy atom. The van der Waals surface area contributed by atoms with Crippen molar-refractivity contribution < 1.29 is 8.42 Å². The van der Waals surface area contributed by atoms with Crippen molar-refractivity contribution in [2.24, 2.45) is 0 Å². The summed E-state index contributed by atoms with van der Waals surface area (Å²) >= 11 is 1.78.